The molecule has 4 nitrogen and oxygen atoms in total. The standard InChI is InChI=1S/C16H27ClN4/c1-13-15(12-17)16(19(2)18-13)21-10-6-14(7-11-21)20-8-4-3-5-9-20/h14H,3-12H2,1-2H3. The number of rotatable bonds is 3. The molecule has 0 aliphatic carbocycles. The Morgan fingerprint density at radius 2 is 1.76 bits per heavy atom. The van der Waals surface area contributed by atoms with E-state index in [1.807, 2.05) is 11.7 Å². The third-order valence-corrected chi connectivity index (χ3v) is 5.39. The zero-order chi connectivity index (χ0) is 14.8. The number of aromatic nitrogens is 2. The maximum atomic E-state index is 6.13. The molecule has 0 spiro atoms. The number of aryl methyl sites for hydroxylation is 2. The Morgan fingerprint density at radius 1 is 1.10 bits per heavy atom. The predicted octanol–water partition coefficient (Wildman–Crippen LogP) is 2.92. The molecule has 0 aromatic carbocycles. The Bertz CT molecular complexity index is 471. The van der Waals surface area contributed by atoms with Crippen LogP contribution in [0.1, 0.15) is 43.4 Å². The van der Waals surface area contributed by atoms with Crippen LogP contribution < -0.4 is 4.90 Å². The Hall–Kier alpha value is -0.740. The first-order chi connectivity index (χ1) is 10.2. The highest BCUT2D eigenvalue weighted by molar-refractivity contribution is 6.17. The van der Waals surface area contributed by atoms with Gasteiger partial charge in [-0.25, -0.2) is 0 Å². The van der Waals surface area contributed by atoms with Gasteiger partial charge in [0.25, 0.3) is 0 Å². The van der Waals surface area contributed by atoms with Crippen molar-refractivity contribution in [1.82, 2.24) is 14.7 Å². The fraction of sp³-hybridized carbons (Fsp3) is 0.812. The summed E-state index contributed by atoms with van der Waals surface area (Å²) in [5.41, 5.74) is 2.27. The highest BCUT2D eigenvalue weighted by Crippen LogP contribution is 2.29. The van der Waals surface area contributed by atoms with Gasteiger partial charge in [0.15, 0.2) is 0 Å². The van der Waals surface area contributed by atoms with E-state index in [1.165, 1.54) is 56.6 Å². The fourth-order valence-electron chi connectivity index (χ4n) is 3.97. The van der Waals surface area contributed by atoms with Gasteiger partial charge in [-0.1, -0.05) is 6.42 Å². The van der Waals surface area contributed by atoms with E-state index < -0.39 is 0 Å². The normalized spacial score (nSPS) is 22.0. The van der Waals surface area contributed by atoms with E-state index in [-0.39, 0.29) is 0 Å². The lowest BCUT2D eigenvalue weighted by atomic mass is 9.99. The lowest BCUT2D eigenvalue weighted by molar-refractivity contribution is 0.141. The minimum Gasteiger partial charge on any atom is -0.356 e. The van der Waals surface area contributed by atoms with Gasteiger partial charge in [-0.15, -0.1) is 11.6 Å². The van der Waals surface area contributed by atoms with E-state index in [9.17, 15) is 0 Å². The largest absolute Gasteiger partial charge is 0.356 e. The third kappa shape index (κ3) is 3.07. The van der Waals surface area contributed by atoms with Crippen LogP contribution in [0.15, 0.2) is 0 Å². The van der Waals surface area contributed by atoms with Gasteiger partial charge >= 0.3 is 0 Å². The van der Waals surface area contributed by atoms with Crippen molar-refractivity contribution in [3.63, 3.8) is 0 Å². The molecular formula is C16H27ClN4. The molecule has 5 heteroatoms. The van der Waals surface area contributed by atoms with E-state index in [4.69, 9.17) is 11.6 Å². The summed E-state index contributed by atoms with van der Waals surface area (Å²) in [6, 6.07) is 0.787. The van der Waals surface area contributed by atoms with Gasteiger partial charge in [0, 0.05) is 31.7 Å². The molecule has 0 radical (unpaired) electrons. The number of alkyl halides is 1. The lowest BCUT2D eigenvalue weighted by Gasteiger charge is -2.41. The van der Waals surface area contributed by atoms with Crippen molar-refractivity contribution in [3.8, 4) is 0 Å². The molecule has 2 saturated heterocycles. The van der Waals surface area contributed by atoms with Crippen LogP contribution in [0.5, 0.6) is 0 Å². The number of likely N-dealkylation sites (tertiary alicyclic amines) is 1. The Kier molecular flexibility index (Phi) is 4.75. The van der Waals surface area contributed by atoms with Crippen molar-refractivity contribution in [2.45, 2.75) is 50.9 Å². The summed E-state index contributed by atoms with van der Waals surface area (Å²) in [6.45, 7) is 6.93. The Labute approximate surface area is 133 Å². The van der Waals surface area contributed by atoms with Crippen LogP contribution in [0.2, 0.25) is 0 Å². The molecule has 0 unspecified atom stereocenters. The first-order valence-electron chi connectivity index (χ1n) is 8.28. The molecule has 1 aromatic heterocycles. The smallest absolute Gasteiger partial charge is 0.131 e. The second-order valence-corrected chi connectivity index (χ2v) is 6.73. The fourth-order valence-corrected chi connectivity index (χ4v) is 4.28. The van der Waals surface area contributed by atoms with Gasteiger partial charge in [-0.2, -0.15) is 5.10 Å². The number of hydrogen-bond acceptors (Lipinski definition) is 3. The SMILES string of the molecule is Cc1nn(C)c(N2CCC(N3CCCCC3)CC2)c1CCl. The van der Waals surface area contributed by atoms with E-state index in [0.29, 0.717) is 5.88 Å². The van der Waals surface area contributed by atoms with Gasteiger partial charge in [-0.3, -0.25) is 4.68 Å². The second-order valence-electron chi connectivity index (χ2n) is 6.46. The molecule has 0 bridgehead atoms. The quantitative estimate of drug-likeness (QED) is 0.802. The first kappa shape index (κ1) is 15.2. The summed E-state index contributed by atoms with van der Waals surface area (Å²) in [5, 5.41) is 4.55. The molecule has 118 valence electrons. The van der Waals surface area contributed by atoms with E-state index in [1.54, 1.807) is 0 Å². The predicted molar refractivity (Wildman–Crippen MR) is 88.2 cm³/mol. The highest BCUT2D eigenvalue weighted by atomic mass is 35.5. The third-order valence-electron chi connectivity index (χ3n) is 5.12. The molecule has 3 heterocycles. The number of anilines is 1. The topological polar surface area (TPSA) is 24.3 Å². The van der Waals surface area contributed by atoms with Gasteiger partial charge in [0.05, 0.1) is 11.6 Å². The molecule has 0 N–H and O–H groups in total. The first-order valence-corrected chi connectivity index (χ1v) is 8.81. The van der Waals surface area contributed by atoms with Crippen LogP contribution in [0.4, 0.5) is 5.82 Å². The average Bonchev–Trinajstić information content (AvgIpc) is 2.82. The zero-order valence-electron chi connectivity index (χ0n) is 13.3. The number of nitrogens with zero attached hydrogens (tertiary/aromatic N) is 4. The molecule has 3 rings (SSSR count). The van der Waals surface area contributed by atoms with Crippen LogP contribution in [0.25, 0.3) is 0 Å². The molecule has 0 atom stereocenters. The van der Waals surface area contributed by atoms with Gasteiger partial charge < -0.3 is 9.80 Å². The molecule has 2 aliphatic rings. The van der Waals surface area contributed by atoms with Crippen molar-refractivity contribution >= 4 is 17.4 Å². The molecule has 21 heavy (non-hydrogen) atoms. The van der Waals surface area contributed by atoms with Crippen LogP contribution in [0.3, 0.4) is 0 Å². The van der Waals surface area contributed by atoms with Crippen molar-refractivity contribution < 1.29 is 0 Å². The average molecular weight is 311 g/mol. The summed E-state index contributed by atoms with van der Waals surface area (Å²) >= 11 is 6.13. The van der Waals surface area contributed by atoms with E-state index >= 15 is 0 Å². The van der Waals surface area contributed by atoms with Crippen molar-refractivity contribution in [3.05, 3.63) is 11.3 Å². The molecule has 2 fully saturated rings. The number of hydrogen-bond donors (Lipinski definition) is 0. The Morgan fingerprint density at radius 3 is 2.38 bits per heavy atom. The number of halogens is 1. The van der Waals surface area contributed by atoms with Crippen LogP contribution in [0, 0.1) is 6.92 Å². The lowest BCUT2D eigenvalue weighted by Crippen LogP contribution is -2.47. The monoisotopic (exact) mass is 310 g/mol. The van der Waals surface area contributed by atoms with Gasteiger partial charge in [0.2, 0.25) is 0 Å². The zero-order valence-corrected chi connectivity index (χ0v) is 14.1. The van der Waals surface area contributed by atoms with Crippen LogP contribution in [-0.4, -0.2) is 46.9 Å². The summed E-state index contributed by atoms with van der Waals surface area (Å²) in [6.07, 6.45) is 6.73. The van der Waals surface area contributed by atoms with Crippen molar-refractivity contribution in [2.75, 3.05) is 31.1 Å². The second kappa shape index (κ2) is 6.57. The molecule has 1 aromatic rings. The van der Waals surface area contributed by atoms with Gasteiger partial charge in [0.1, 0.15) is 5.82 Å². The molecule has 2 aliphatic heterocycles. The van der Waals surface area contributed by atoms with Crippen LogP contribution >= 0.6 is 11.6 Å². The molecule has 0 saturated carbocycles. The Balaban J connectivity index is 1.65. The minimum absolute atomic E-state index is 0.557. The van der Waals surface area contributed by atoms with E-state index in [2.05, 4.69) is 21.8 Å². The summed E-state index contributed by atoms with van der Waals surface area (Å²) in [4.78, 5) is 5.20. The summed E-state index contributed by atoms with van der Waals surface area (Å²) < 4.78 is 2.01. The number of piperidine rings is 2. The maximum absolute atomic E-state index is 6.13. The van der Waals surface area contributed by atoms with Gasteiger partial charge in [-0.05, 0) is 45.7 Å². The van der Waals surface area contributed by atoms with Crippen molar-refractivity contribution in [2.24, 2.45) is 7.05 Å². The summed E-state index contributed by atoms with van der Waals surface area (Å²) in [7, 11) is 2.04. The highest BCUT2D eigenvalue weighted by Gasteiger charge is 2.28. The van der Waals surface area contributed by atoms with Crippen molar-refractivity contribution in [1.29, 1.82) is 0 Å². The summed E-state index contributed by atoms with van der Waals surface area (Å²) in [5.74, 6) is 1.79. The van der Waals surface area contributed by atoms with E-state index in [0.717, 1.165) is 24.8 Å². The molecule has 0 amide bonds. The molecular weight excluding hydrogens is 284 g/mol. The minimum atomic E-state index is 0.557. The maximum Gasteiger partial charge on any atom is 0.131 e. The van der Waals surface area contributed by atoms with Crippen LogP contribution in [-0.2, 0) is 12.9 Å².